The standard InChI is InChI=1S/C9H7ClN4OS/c1-5-2-3-6(4-11-5)12-7(15)8-13-14-9(10)16-8/h2-4H,1H3,(H,12,15). The monoisotopic (exact) mass is 254 g/mol. The van der Waals surface area contributed by atoms with Gasteiger partial charge in [0, 0.05) is 5.69 Å². The van der Waals surface area contributed by atoms with Gasteiger partial charge in [-0.2, -0.15) is 0 Å². The summed E-state index contributed by atoms with van der Waals surface area (Å²) in [6.45, 7) is 1.87. The van der Waals surface area contributed by atoms with Gasteiger partial charge in [-0.1, -0.05) is 11.3 Å². The Morgan fingerprint density at radius 3 is 2.81 bits per heavy atom. The minimum Gasteiger partial charge on any atom is -0.318 e. The molecule has 0 fully saturated rings. The summed E-state index contributed by atoms with van der Waals surface area (Å²) >= 11 is 6.61. The van der Waals surface area contributed by atoms with Gasteiger partial charge in [0.15, 0.2) is 0 Å². The van der Waals surface area contributed by atoms with Gasteiger partial charge in [0.1, 0.15) is 0 Å². The first kappa shape index (κ1) is 11.0. The van der Waals surface area contributed by atoms with Gasteiger partial charge in [-0.3, -0.25) is 9.78 Å². The Hall–Kier alpha value is -1.53. The Balaban J connectivity index is 2.10. The molecule has 0 saturated carbocycles. The van der Waals surface area contributed by atoms with E-state index >= 15 is 0 Å². The molecule has 0 aliphatic rings. The van der Waals surface area contributed by atoms with Crippen molar-refractivity contribution in [3.05, 3.63) is 33.5 Å². The van der Waals surface area contributed by atoms with E-state index in [-0.39, 0.29) is 15.4 Å². The highest BCUT2D eigenvalue weighted by Crippen LogP contribution is 2.16. The zero-order valence-electron chi connectivity index (χ0n) is 8.27. The summed E-state index contributed by atoms with van der Waals surface area (Å²) < 4.78 is 0.243. The van der Waals surface area contributed by atoms with Gasteiger partial charge < -0.3 is 5.32 Å². The van der Waals surface area contributed by atoms with E-state index in [1.165, 1.54) is 0 Å². The van der Waals surface area contributed by atoms with E-state index in [9.17, 15) is 4.79 Å². The first-order chi connectivity index (χ1) is 7.65. The maximum atomic E-state index is 11.6. The van der Waals surface area contributed by atoms with Crippen molar-refractivity contribution in [1.82, 2.24) is 15.2 Å². The molecular weight excluding hydrogens is 248 g/mol. The molecule has 0 atom stereocenters. The third kappa shape index (κ3) is 2.53. The number of carbonyl (C=O) groups is 1. The van der Waals surface area contributed by atoms with E-state index in [2.05, 4.69) is 20.5 Å². The topological polar surface area (TPSA) is 67.8 Å². The van der Waals surface area contributed by atoms with Gasteiger partial charge in [0.25, 0.3) is 5.91 Å². The number of hydrogen-bond donors (Lipinski definition) is 1. The number of aryl methyl sites for hydroxylation is 1. The van der Waals surface area contributed by atoms with Gasteiger partial charge in [0.05, 0.1) is 11.9 Å². The number of hydrogen-bond acceptors (Lipinski definition) is 5. The SMILES string of the molecule is Cc1ccc(NC(=O)c2nnc(Cl)s2)cn1. The number of halogens is 1. The zero-order chi connectivity index (χ0) is 11.5. The molecule has 82 valence electrons. The largest absolute Gasteiger partial charge is 0.318 e. The molecule has 1 amide bonds. The quantitative estimate of drug-likeness (QED) is 0.892. The Labute approximate surface area is 101 Å². The maximum absolute atomic E-state index is 11.6. The van der Waals surface area contributed by atoms with Crippen LogP contribution in [0, 0.1) is 6.92 Å². The zero-order valence-corrected chi connectivity index (χ0v) is 9.84. The first-order valence-electron chi connectivity index (χ1n) is 4.38. The average molecular weight is 255 g/mol. The van der Waals surface area contributed by atoms with Crippen LogP contribution in [-0.4, -0.2) is 21.1 Å². The molecule has 0 saturated heterocycles. The van der Waals surface area contributed by atoms with Crippen LogP contribution in [0.4, 0.5) is 5.69 Å². The lowest BCUT2D eigenvalue weighted by molar-refractivity contribution is 0.102. The summed E-state index contributed by atoms with van der Waals surface area (Å²) in [6, 6.07) is 3.57. The van der Waals surface area contributed by atoms with E-state index in [1.807, 2.05) is 13.0 Å². The Morgan fingerprint density at radius 1 is 1.44 bits per heavy atom. The normalized spacial score (nSPS) is 10.1. The summed E-state index contributed by atoms with van der Waals surface area (Å²) in [7, 11) is 0. The molecule has 2 aromatic rings. The predicted molar refractivity (Wildman–Crippen MR) is 61.8 cm³/mol. The molecule has 7 heteroatoms. The van der Waals surface area contributed by atoms with E-state index in [0.29, 0.717) is 5.69 Å². The van der Waals surface area contributed by atoms with E-state index < -0.39 is 0 Å². The van der Waals surface area contributed by atoms with Crippen molar-refractivity contribution >= 4 is 34.5 Å². The minimum absolute atomic E-state index is 0.227. The van der Waals surface area contributed by atoms with E-state index in [1.54, 1.807) is 12.3 Å². The smallest absolute Gasteiger partial charge is 0.286 e. The highest BCUT2D eigenvalue weighted by molar-refractivity contribution is 7.17. The lowest BCUT2D eigenvalue weighted by Crippen LogP contribution is -2.11. The highest BCUT2D eigenvalue weighted by atomic mass is 35.5. The van der Waals surface area contributed by atoms with Crippen molar-refractivity contribution in [3.8, 4) is 0 Å². The van der Waals surface area contributed by atoms with E-state index in [4.69, 9.17) is 11.6 Å². The van der Waals surface area contributed by atoms with Crippen LogP contribution in [0.3, 0.4) is 0 Å². The van der Waals surface area contributed by atoms with Gasteiger partial charge in [-0.25, -0.2) is 0 Å². The molecule has 2 heterocycles. The van der Waals surface area contributed by atoms with Crippen LogP contribution in [0.25, 0.3) is 0 Å². The summed E-state index contributed by atoms with van der Waals surface area (Å²) in [6.07, 6.45) is 1.58. The molecular formula is C9H7ClN4OS. The number of rotatable bonds is 2. The third-order valence-electron chi connectivity index (χ3n) is 1.76. The second kappa shape index (κ2) is 4.54. The van der Waals surface area contributed by atoms with Gasteiger partial charge in [0.2, 0.25) is 9.47 Å². The van der Waals surface area contributed by atoms with Gasteiger partial charge in [-0.05, 0) is 30.7 Å². The number of anilines is 1. The van der Waals surface area contributed by atoms with Crippen molar-refractivity contribution < 1.29 is 4.79 Å². The van der Waals surface area contributed by atoms with Crippen molar-refractivity contribution in [2.75, 3.05) is 5.32 Å². The highest BCUT2D eigenvalue weighted by Gasteiger charge is 2.11. The third-order valence-corrected chi connectivity index (χ3v) is 2.78. The summed E-state index contributed by atoms with van der Waals surface area (Å²) in [5.41, 5.74) is 1.50. The Morgan fingerprint density at radius 2 is 2.25 bits per heavy atom. The van der Waals surface area contributed by atoms with Crippen molar-refractivity contribution in [3.63, 3.8) is 0 Å². The number of nitrogens with zero attached hydrogens (tertiary/aromatic N) is 3. The molecule has 1 N–H and O–H groups in total. The predicted octanol–water partition coefficient (Wildman–Crippen LogP) is 2.15. The number of aromatic nitrogens is 3. The minimum atomic E-state index is -0.338. The van der Waals surface area contributed by atoms with Crippen LogP contribution in [-0.2, 0) is 0 Å². The maximum Gasteiger partial charge on any atom is 0.286 e. The Kier molecular flexibility index (Phi) is 3.12. The van der Waals surface area contributed by atoms with Crippen LogP contribution >= 0.6 is 22.9 Å². The fourth-order valence-corrected chi connectivity index (χ4v) is 1.75. The van der Waals surface area contributed by atoms with Crippen LogP contribution in [0.5, 0.6) is 0 Å². The number of pyridine rings is 1. The van der Waals surface area contributed by atoms with Crippen molar-refractivity contribution in [2.24, 2.45) is 0 Å². The lowest BCUT2D eigenvalue weighted by atomic mass is 10.3. The molecule has 2 rings (SSSR count). The summed E-state index contributed by atoms with van der Waals surface area (Å²) in [5, 5.41) is 10.1. The van der Waals surface area contributed by atoms with Crippen LogP contribution in [0.1, 0.15) is 15.5 Å². The van der Waals surface area contributed by atoms with Gasteiger partial charge >= 0.3 is 0 Å². The van der Waals surface area contributed by atoms with E-state index in [0.717, 1.165) is 17.0 Å². The van der Waals surface area contributed by atoms with Crippen LogP contribution in [0.15, 0.2) is 18.3 Å². The molecule has 0 bridgehead atoms. The fraction of sp³-hybridized carbons (Fsp3) is 0.111. The molecule has 0 aromatic carbocycles. The number of amides is 1. The molecule has 0 unspecified atom stereocenters. The fourth-order valence-electron chi connectivity index (χ4n) is 1.02. The number of carbonyl (C=O) groups excluding carboxylic acids is 1. The van der Waals surface area contributed by atoms with Gasteiger partial charge in [-0.15, -0.1) is 10.2 Å². The molecule has 0 aliphatic heterocycles. The Bertz CT molecular complexity index is 510. The molecule has 0 aliphatic carbocycles. The number of nitrogens with one attached hydrogen (secondary N) is 1. The molecule has 2 aromatic heterocycles. The summed E-state index contributed by atoms with van der Waals surface area (Å²) in [5.74, 6) is -0.338. The van der Waals surface area contributed by atoms with Crippen LogP contribution < -0.4 is 5.32 Å². The summed E-state index contributed by atoms with van der Waals surface area (Å²) in [4.78, 5) is 15.7. The average Bonchev–Trinajstić information content (AvgIpc) is 2.68. The first-order valence-corrected chi connectivity index (χ1v) is 5.57. The molecule has 16 heavy (non-hydrogen) atoms. The van der Waals surface area contributed by atoms with Crippen molar-refractivity contribution in [1.29, 1.82) is 0 Å². The van der Waals surface area contributed by atoms with Crippen LogP contribution in [0.2, 0.25) is 4.47 Å². The molecule has 0 radical (unpaired) electrons. The second-order valence-corrected chi connectivity index (χ2v) is 4.56. The molecule has 0 spiro atoms. The molecule has 5 nitrogen and oxygen atoms in total. The van der Waals surface area contributed by atoms with Crippen molar-refractivity contribution in [2.45, 2.75) is 6.92 Å². The lowest BCUT2D eigenvalue weighted by Gasteiger charge is -2.01. The second-order valence-electron chi connectivity index (χ2n) is 3.00.